The molecular formula is C23H29F2N2O9PS. The molecular weight excluding hydrogens is 549 g/mol. The highest BCUT2D eigenvalue weighted by molar-refractivity contribution is 8.09. The first-order valence-electron chi connectivity index (χ1n) is 11.6. The molecule has 1 unspecified atom stereocenters. The van der Waals surface area contributed by atoms with E-state index in [0.717, 1.165) is 17.2 Å². The summed E-state index contributed by atoms with van der Waals surface area (Å²) in [4.78, 5) is 36.9. The van der Waals surface area contributed by atoms with Crippen molar-refractivity contribution >= 4 is 36.1 Å². The summed E-state index contributed by atoms with van der Waals surface area (Å²) in [6.07, 6.45) is -8.35. The zero-order valence-corrected chi connectivity index (χ0v) is 22.4. The number of ether oxygens (including phenoxy) is 2. The van der Waals surface area contributed by atoms with Crippen molar-refractivity contribution in [1.29, 1.82) is 0 Å². The number of halogens is 2. The van der Waals surface area contributed by atoms with Gasteiger partial charge in [0.25, 0.3) is 6.43 Å². The second-order valence-electron chi connectivity index (χ2n) is 8.97. The van der Waals surface area contributed by atoms with Crippen LogP contribution >= 0.6 is 6.64 Å². The molecule has 38 heavy (non-hydrogen) atoms. The number of para-hydroxylation sites is 1. The standard InChI is InChI=1S/C23H29F2N2O9PS/c1-13(2)34-21(32)14(3)26-37(38,36-16-7-5-4-6-8-16)33-12-23(22(24)25)19(31)18(30)20(35-23)27-10-9-15(28)11-17(27)29/h4-10,13-14,18-20,22,30-31H,11-12H2,1-3H3,(H,26,38)/t14-,18+,19+,20+,23+,37?/m0/s1. The Bertz CT molecular complexity index is 1110. The Hall–Kier alpha value is -2.32. The predicted octanol–water partition coefficient (Wildman–Crippen LogP) is 1.63. The number of rotatable bonds is 11. The molecule has 0 radical (unpaired) electrons. The fourth-order valence-electron chi connectivity index (χ4n) is 3.69. The molecule has 6 atom stereocenters. The molecule has 0 aliphatic carbocycles. The van der Waals surface area contributed by atoms with Crippen LogP contribution in [0.5, 0.6) is 5.75 Å². The van der Waals surface area contributed by atoms with Crippen molar-refractivity contribution in [3.63, 3.8) is 0 Å². The molecule has 0 spiro atoms. The second-order valence-corrected chi connectivity index (χ2v) is 12.1. The molecule has 2 heterocycles. The summed E-state index contributed by atoms with van der Waals surface area (Å²) in [7, 11) is 0. The molecule has 0 bridgehead atoms. The lowest BCUT2D eigenvalue weighted by atomic mass is 9.96. The lowest BCUT2D eigenvalue weighted by molar-refractivity contribution is -0.199. The molecule has 0 saturated carbocycles. The molecule has 1 aromatic carbocycles. The Morgan fingerprint density at radius 1 is 1.26 bits per heavy atom. The van der Waals surface area contributed by atoms with E-state index in [2.05, 4.69) is 5.09 Å². The summed E-state index contributed by atoms with van der Waals surface area (Å²) in [5.41, 5.74) is -2.84. The van der Waals surface area contributed by atoms with Crippen LogP contribution in [0.2, 0.25) is 0 Å². The van der Waals surface area contributed by atoms with Gasteiger partial charge in [-0.15, -0.1) is 0 Å². The van der Waals surface area contributed by atoms with E-state index < -0.39 is 79.9 Å². The Kier molecular flexibility index (Phi) is 9.74. The molecule has 11 nitrogen and oxygen atoms in total. The zero-order chi connectivity index (χ0) is 28.3. The Balaban J connectivity index is 1.87. The van der Waals surface area contributed by atoms with Gasteiger partial charge in [-0.05, 0) is 50.8 Å². The van der Waals surface area contributed by atoms with Gasteiger partial charge in [0.05, 0.1) is 19.1 Å². The van der Waals surface area contributed by atoms with Crippen molar-refractivity contribution in [3.05, 3.63) is 42.6 Å². The van der Waals surface area contributed by atoms with E-state index in [1.807, 2.05) is 0 Å². The van der Waals surface area contributed by atoms with E-state index in [1.165, 1.54) is 19.1 Å². The normalized spacial score (nSPS) is 28.0. The first kappa shape index (κ1) is 30.2. The molecule has 1 saturated heterocycles. The van der Waals surface area contributed by atoms with E-state index in [9.17, 15) is 33.4 Å². The van der Waals surface area contributed by atoms with Crippen LogP contribution < -0.4 is 9.61 Å². The van der Waals surface area contributed by atoms with Crippen molar-refractivity contribution in [3.8, 4) is 5.75 Å². The molecule has 1 fully saturated rings. The van der Waals surface area contributed by atoms with Crippen LogP contribution in [0.1, 0.15) is 27.2 Å². The largest absolute Gasteiger partial charge is 0.462 e. The fraction of sp³-hybridized carbons (Fsp3) is 0.522. The highest BCUT2D eigenvalue weighted by Gasteiger charge is 2.62. The van der Waals surface area contributed by atoms with Gasteiger partial charge in [0.2, 0.25) is 5.91 Å². The molecule has 2 aliphatic rings. The maximum Gasteiger partial charge on any atom is 0.323 e. The number of aliphatic hydroxyl groups is 2. The molecule has 1 amide bonds. The maximum atomic E-state index is 14.4. The number of allylic oxidation sites excluding steroid dienone is 1. The topological polar surface area (TPSA) is 144 Å². The molecule has 3 rings (SSSR count). The number of nitrogens with one attached hydrogen (secondary N) is 1. The second kappa shape index (κ2) is 12.2. The smallest absolute Gasteiger partial charge is 0.323 e. The minimum atomic E-state index is -3.81. The summed E-state index contributed by atoms with van der Waals surface area (Å²) in [6.45, 7) is -0.198. The number of benzene rings is 1. The SMILES string of the molecule is CC(C)OC(=O)[C@H](C)NP(=S)(OC[C@@]1(C(F)F)O[C@@H](N2C=CC(=O)CC2=O)[C@H](O)[C@H]1O)Oc1ccccc1. The first-order valence-corrected chi connectivity index (χ1v) is 14.2. The van der Waals surface area contributed by atoms with Gasteiger partial charge in [-0.2, -0.15) is 0 Å². The zero-order valence-electron chi connectivity index (χ0n) is 20.7. The van der Waals surface area contributed by atoms with Crippen LogP contribution in [0.3, 0.4) is 0 Å². The van der Waals surface area contributed by atoms with Crippen molar-refractivity contribution in [2.24, 2.45) is 0 Å². The van der Waals surface area contributed by atoms with E-state index in [-0.39, 0.29) is 5.75 Å². The Morgan fingerprint density at radius 2 is 1.92 bits per heavy atom. The number of hydrogen-bond donors (Lipinski definition) is 3. The summed E-state index contributed by atoms with van der Waals surface area (Å²) >= 11 is 5.51. The van der Waals surface area contributed by atoms with Gasteiger partial charge >= 0.3 is 12.6 Å². The van der Waals surface area contributed by atoms with Crippen LogP contribution in [0, 0.1) is 0 Å². The lowest BCUT2D eigenvalue weighted by Crippen LogP contribution is -2.53. The molecule has 2 aliphatic heterocycles. The predicted molar refractivity (Wildman–Crippen MR) is 132 cm³/mol. The monoisotopic (exact) mass is 578 g/mol. The molecule has 0 aromatic heterocycles. The van der Waals surface area contributed by atoms with Crippen LogP contribution in [0.25, 0.3) is 0 Å². The highest BCUT2D eigenvalue weighted by atomic mass is 32.5. The summed E-state index contributed by atoms with van der Waals surface area (Å²) in [5, 5.41) is 23.9. The van der Waals surface area contributed by atoms with E-state index >= 15 is 0 Å². The number of alkyl halides is 2. The Labute approximate surface area is 222 Å². The minimum Gasteiger partial charge on any atom is -0.462 e. The van der Waals surface area contributed by atoms with Crippen molar-refractivity contribution in [2.45, 2.75) is 69.8 Å². The van der Waals surface area contributed by atoms with E-state index in [0.29, 0.717) is 0 Å². The maximum absolute atomic E-state index is 14.4. The van der Waals surface area contributed by atoms with Crippen molar-refractivity contribution in [2.75, 3.05) is 6.61 Å². The highest BCUT2D eigenvalue weighted by Crippen LogP contribution is 2.48. The van der Waals surface area contributed by atoms with Gasteiger partial charge in [0, 0.05) is 6.20 Å². The van der Waals surface area contributed by atoms with E-state index in [1.54, 1.807) is 32.0 Å². The van der Waals surface area contributed by atoms with Crippen LogP contribution in [0.4, 0.5) is 8.78 Å². The van der Waals surface area contributed by atoms with Gasteiger partial charge in [0.15, 0.2) is 17.6 Å². The lowest BCUT2D eigenvalue weighted by Gasteiger charge is -2.34. The molecule has 210 valence electrons. The summed E-state index contributed by atoms with van der Waals surface area (Å²) in [6, 6.07) is 6.95. The number of hydrogen-bond acceptors (Lipinski definition) is 10. The average Bonchev–Trinajstić information content (AvgIpc) is 3.09. The van der Waals surface area contributed by atoms with Crippen LogP contribution in [-0.2, 0) is 40.2 Å². The van der Waals surface area contributed by atoms with Gasteiger partial charge in [-0.3, -0.25) is 19.3 Å². The summed E-state index contributed by atoms with van der Waals surface area (Å²) < 4.78 is 50.8. The van der Waals surface area contributed by atoms with Gasteiger partial charge < -0.3 is 28.7 Å². The number of nitrogens with zero attached hydrogens (tertiary/aromatic N) is 1. The van der Waals surface area contributed by atoms with Crippen molar-refractivity contribution < 1.29 is 51.9 Å². The number of ketones is 1. The number of carbonyl (C=O) groups excluding carboxylic acids is 3. The summed E-state index contributed by atoms with van der Waals surface area (Å²) in [5.74, 6) is -1.82. The molecule has 3 N–H and O–H groups in total. The molecule has 1 aromatic rings. The number of amides is 1. The van der Waals surface area contributed by atoms with E-state index in [4.69, 9.17) is 30.3 Å². The van der Waals surface area contributed by atoms with Gasteiger partial charge in [-0.1, -0.05) is 18.2 Å². The average molecular weight is 579 g/mol. The quantitative estimate of drug-likeness (QED) is 0.200. The van der Waals surface area contributed by atoms with Crippen LogP contribution in [-0.4, -0.2) is 82.0 Å². The van der Waals surface area contributed by atoms with Crippen LogP contribution in [0.15, 0.2) is 42.6 Å². The van der Waals surface area contributed by atoms with Gasteiger partial charge in [0.1, 0.15) is 24.0 Å². The number of aliphatic hydroxyl groups excluding tert-OH is 2. The number of esters is 1. The fourth-order valence-corrected chi connectivity index (χ4v) is 6.11. The first-order chi connectivity index (χ1) is 17.8. The van der Waals surface area contributed by atoms with Gasteiger partial charge in [-0.25, -0.2) is 13.9 Å². The number of carbonyl (C=O) groups is 3. The third-order valence-electron chi connectivity index (χ3n) is 5.62. The van der Waals surface area contributed by atoms with Crippen molar-refractivity contribution in [1.82, 2.24) is 9.99 Å². The minimum absolute atomic E-state index is 0.207. The third kappa shape index (κ3) is 6.81. The third-order valence-corrected chi connectivity index (χ3v) is 8.10. The molecule has 15 heteroatoms. The Morgan fingerprint density at radius 3 is 2.50 bits per heavy atom.